The van der Waals surface area contributed by atoms with Crippen molar-refractivity contribution in [2.75, 3.05) is 31.1 Å². The number of β-amino-alcohol motifs (C(OH)–C–C–N with tert-alkyl or cyclic N) is 1. The van der Waals surface area contributed by atoms with Crippen molar-refractivity contribution in [1.82, 2.24) is 4.90 Å². The Balaban J connectivity index is 2.33. The van der Waals surface area contributed by atoms with Crippen molar-refractivity contribution in [2.24, 2.45) is 0 Å². The monoisotopic (exact) mass is 207 g/mol. The Labute approximate surface area is 79.5 Å². The predicted molar refractivity (Wildman–Crippen MR) is 51.4 cm³/mol. The zero-order chi connectivity index (χ0) is 9.90. The first-order valence-corrected chi connectivity index (χ1v) is 6.46. The number of sulfone groups is 1. The maximum Gasteiger partial charge on any atom is 0.152 e. The van der Waals surface area contributed by atoms with Crippen molar-refractivity contribution in [2.45, 2.75) is 19.4 Å². The molecular formula is C8H17NO3S. The number of nitrogens with zero attached hydrogens (tertiary/aromatic N) is 1. The molecule has 1 rings (SSSR count). The van der Waals surface area contributed by atoms with E-state index in [0.29, 0.717) is 19.6 Å². The van der Waals surface area contributed by atoms with Crippen LogP contribution in [-0.4, -0.2) is 55.7 Å². The molecule has 1 N–H and O–H groups in total. The van der Waals surface area contributed by atoms with E-state index in [0.717, 1.165) is 6.42 Å². The molecular weight excluding hydrogens is 190 g/mol. The summed E-state index contributed by atoms with van der Waals surface area (Å²) in [6.07, 6.45) is 0.407. The van der Waals surface area contributed by atoms with Gasteiger partial charge in [0.2, 0.25) is 0 Å². The largest absolute Gasteiger partial charge is 0.392 e. The third-order valence-corrected chi connectivity index (χ3v) is 3.99. The Morgan fingerprint density at radius 3 is 2.38 bits per heavy atom. The summed E-state index contributed by atoms with van der Waals surface area (Å²) in [5, 5.41) is 9.35. The number of aliphatic hydroxyl groups excluding tert-OH is 1. The van der Waals surface area contributed by atoms with E-state index < -0.39 is 9.84 Å². The lowest BCUT2D eigenvalue weighted by atomic mass is 10.2. The van der Waals surface area contributed by atoms with Gasteiger partial charge in [-0.25, -0.2) is 8.42 Å². The summed E-state index contributed by atoms with van der Waals surface area (Å²) < 4.78 is 22.1. The van der Waals surface area contributed by atoms with Gasteiger partial charge in [-0.1, -0.05) is 6.92 Å². The van der Waals surface area contributed by atoms with Crippen LogP contribution in [0.3, 0.4) is 0 Å². The zero-order valence-corrected chi connectivity index (χ0v) is 8.76. The molecule has 4 nitrogen and oxygen atoms in total. The number of aliphatic hydroxyl groups is 1. The van der Waals surface area contributed by atoms with Crippen molar-refractivity contribution in [1.29, 1.82) is 0 Å². The fourth-order valence-corrected chi connectivity index (χ4v) is 2.64. The van der Waals surface area contributed by atoms with Crippen LogP contribution in [0.4, 0.5) is 0 Å². The minimum Gasteiger partial charge on any atom is -0.392 e. The van der Waals surface area contributed by atoms with Crippen LogP contribution >= 0.6 is 0 Å². The molecule has 0 saturated carbocycles. The molecule has 0 spiro atoms. The summed E-state index contributed by atoms with van der Waals surface area (Å²) in [7, 11) is -2.78. The van der Waals surface area contributed by atoms with Crippen molar-refractivity contribution in [3.63, 3.8) is 0 Å². The molecule has 0 aromatic carbocycles. The van der Waals surface area contributed by atoms with E-state index in [4.69, 9.17) is 0 Å². The molecule has 5 heteroatoms. The third kappa shape index (κ3) is 3.62. The maximum atomic E-state index is 11.1. The molecule has 0 amide bonds. The molecule has 0 aromatic rings. The lowest BCUT2D eigenvalue weighted by Gasteiger charge is -2.27. The fraction of sp³-hybridized carbons (Fsp3) is 1.00. The summed E-state index contributed by atoms with van der Waals surface area (Å²) in [6.45, 7) is 3.66. The Hall–Kier alpha value is -0.130. The average molecular weight is 207 g/mol. The molecule has 0 radical (unpaired) electrons. The zero-order valence-electron chi connectivity index (χ0n) is 7.94. The van der Waals surface area contributed by atoms with Gasteiger partial charge in [-0.05, 0) is 6.42 Å². The maximum absolute atomic E-state index is 11.1. The Morgan fingerprint density at radius 1 is 1.38 bits per heavy atom. The van der Waals surface area contributed by atoms with E-state index in [1.54, 1.807) is 0 Å². The van der Waals surface area contributed by atoms with Gasteiger partial charge >= 0.3 is 0 Å². The van der Waals surface area contributed by atoms with Crippen LogP contribution in [0.1, 0.15) is 13.3 Å². The van der Waals surface area contributed by atoms with Gasteiger partial charge in [0.05, 0.1) is 17.6 Å². The molecule has 1 atom stereocenters. The molecule has 0 unspecified atom stereocenters. The quantitative estimate of drug-likeness (QED) is 0.677. The van der Waals surface area contributed by atoms with Crippen LogP contribution in [0, 0.1) is 0 Å². The lowest BCUT2D eigenvalue weighted by Crippen LogP contribution is -2.43. The van der Waals surface area contributed by atoms with E-state index in [1.165, 1.54) is 0 Å². The van der Waals surface area contributed by atoms with Gasteiger partial charge in [0, 0.05) is 19.6 Å². The molecule has 0 bridgehead atoms. The van der Waals surface area contributed by atoms with Crippen molar-refractivity contribution in [3.8, 4) is 0 Å². The predicted octanol–water partition coefficient (Wildman–Crippen LogP) is -0.512. The molecule has 13 heavy (non-hydrogen) atoms. The highest BCUT2D eigenvalue weighted by Gasteiger charge is 2.22. The summed E-state index contributed by atoms with van der Waals surface area (Å²) in [6, 6.07) is 0. The normalized spacial score (nSPS) is 25.7. The highest BCUT2D eigenvalue weighted by Crippen LogP contribution is 2.05. The van der Waals surface area contributed by atoms with Gasteiger partial charge in [-0.3, -0.25) is 4.90 Å². The fourth-order valence-electron chi connectivity index (χ4n) is 1.36. The smallest absolute Gasteiger partial charge is 0.152 e. The molecule has 1 aliphatic heterocycles. The summed E-state index contributed by atoms with van der Waals surface area (Å²) in [5.41, 5.74) is 0. The van der Waals surface area contributed by atoms with E-state index in [1.807, 2.05) is 11.8 Å². The molecule has 1 fully saturated rings. The molecule has 0 aliphatic carbocycles. The second-order valence-corrected chi connectivity index (χ2v) is 5.82. The average Bonchev–Trinajstić information content (AvgIpc) is 2.08. The first kappa shape index (κ1) is 10.9. The van der Waals surface area contributed by atoms with E-state index in [9.17, 15) is 13.5 Å². The number of rotatable bonds is 3. The van der Waals surface area contributed by atoms with Gasteiger partial charge in [0.15, 0.2) is 9.84 Å². The molecule has 0 aromatic heterocycles. The van der Waals surface area contributed by atoms with Crippen molar-refractivity contribution in [3.05, 3.63) is 0 Å². The van der Waals surface area contributed by atoms with Crippen LogP contribution in [0.25, 0.3) is 0 Å². The standard InChI is InChI=1S/C8H17NO3S/c1-2-8(10)7-9-3-5-13(11,12)6-4-9/h8,10H,2-7H2,1H3/t8-/m0/s1. The second kappa shape index (κ2) is 4.39. The molecule has 1 heterocycles. The number of hydrogen-bond donors (Lipinski definition) is 1. The topological polar surface area (TPSA) is 57.6 Å². The summed E-state index contributed by atoms with van der Waals surface area (Å²) >= 11 is 0. The van der Waals surface area contributed by atoms with Crippen LogP contribution in [0.5, 0.6) is 0 Å². The Kier molecular flexibility index (Phi) is 3.70. The lowest BCUT2D eigenvalue weighted by molar-refractivity contribution is 0.114. The molecule has 1 saturated heterocycles. The highest BCUT2D eigenvalue weighted by molar-refractivity contribution is 7.91. The van der Waals surface area contributed by atoms with Crippen LogP contribution in [-0.2, 0) is 9.84 Å². The Morgan fingerprint density at radius 2 is 1.92 bits per heavy atom. The number of hydrogen-bond acceptors (Lipinski definition) is 4. The van der Waals surface area contributed by atoms with E-state index in [-0.39, 0.29) is 17.6 Å². The summed E-state index contributed by atoms with van der Waals surface area (Å²) in [5.74, 6) is 0.479. The van der Waals surface area contributed by atoms with Gasteiger partial charge in [-0.15, -0.1) is 0 Å². The van der Waals surface area contributed by atoms with E-state index in [2.05, 4.69) is 0 Å². The minimum absolute atomic E-state index is 0.240. The molecule has 78 valence electrons. The van der Waals surface area contributed by atoms with Crippen LogP contribution in [0.2, 0.25) is 0 Å². The minimum atomic E-state index is -2.78. The van der Waals surface area contributed by atoms with Crippen LogP contribution in [0.15, 0.2) is 0 Å². The first-order valence-electron chi connectivity index (χ1n) is 4.64. The second-order valence-electron chi connectivity index (χ2n) is 3.51. The van der Waals surface area contributed by atoms with Gasteiger partial charge < -0.3 is 5.11 Å². The highest BCUT2D eigenvalue weighted by atomic mass is 32.2. The van der Waals surface area contributed by atoms with E-state index >= 15 is 0 Å². The third-order valence-electron chi connectivity index (χ3n) is 2.38. The molecule has 1 aliphatic rings. The van der Waals surface area contributed by atoms with Gasteiger partial charge in [-0.2, -0.15) is 0 Å². The SMILES string of the molecule is CC[C@H](O)CN1CCS(=O)(=O)CC1. The van der Waals surface area contributed by atoms with Crippen molar-refractivity contribution >= 4 is 9.84 Å². The summed E-state index contributed by atoms with van der Waals surface area (Å²) in [4.78, 5) is 2.01. The van der Waals surface area contributed by atoms with Gasteiger partial charge in [0.25, 0.3) is 0 Å². The Bertz CT molecular complexity index is 236. The van der Waals surface area contributed by atoms with Crippen LogP contribution < -0.4 is 0 Å². The first-order chi connectivity index (χ1) is 6.03. The van der Waals surface area contributed by atoms with Crippen molar-refractivity contribution < 1.29 is 13.5 Å². The van der Waals surface area contributed by atoms with Gasteiger partial charge in [0.1, 0.15) is 0 Å².